The van der Waals surface area contributed by atoms with E-state index in [4.69, 9.17) is 5.11 Å². The van der Waals surface area contributed by atoms with Crippen molar-refractivity contribution in [1.29, 1.82) is 0 Å². The molecule has 2 rings (SSSR count). The summed E-state index contributed by atoms with van der Waals surface area (Å²) in [7, 11) is 0. The highest BCUT2D eigenvalue weighted by molar-refractivity contribution is 5.79. The summed E-state index contributed by atoms with van der Waals surface area (Å²) in [6, 6.07) is 6.03. The van der Waals surface area contributed by atoms with Crippen LogP contribution in [0.3, 0.4) is 0 Å². The summed E-state index contributed by atoms with van der Waals surface area (Å²) >= 11 is 0. The monoisotopic (exact) mass is 206 g/mol. The number of aliphatic hydroxyl groups is 2. The van der Waals surface area contributed by atoms with Crippen LogP contribution in [-0.2, 0) is 6.54 Å². The highest BCUT2D eigenvalue weighted by Crippen LogP contribution is 2.15. The lowest BCUT2D eigenvalue weighted by Gasteiger charge is -2.08. The van der Waals surface area contributed by atoms with E-state index < -0.39 is 6.10 Å². The van der Waals surface area contributed by atoms with E-state index in [0.717, 1.165) is 10.9 Å². The fraction of sp³-hybridized carbons (Fsp3) is 0.364. The third-order valence-corrected chi connectivity index (χ3v) is 2.39. The first kappa shape index (κ1) is 10.1. The zero-order chi connectivity index (χ0) is 10.8. The summed E-state index contributed by atoms with van der Waals surface area (Å²) in [5.74, 6) is 0. The van der Waals surface area contributed by atoms with Gasteiger partial charge in [-0.1, -0.05) is 11.6 Å². The average Bonchev–Trinajstić information content (AvgIpc) is 2.60. The molecule has 0 saturated carbocycles. The molecule has 80 valence electrons. The zero-order valence-corrected chi connectivity index (χ0v) is 8.59. The largest absolute Gasteiger partial charge is 0.394 e. The topological polar surface area (TPSA) is 58.3 Å². The first-order chi connectivity index (χ1) is 7.20. The van der Waals surface area contributed by atoms with E-state index in [-0.39, 0.29) is 6.61 Å². The minimum absolute atomic E-state index is 0.243. The van der Waals surface area contributed by atoms with Gasteiger partial charge in [-0.05, 0) is 19.1 Å². The minimum Gasteiger partial charge on any atom is -0.394 e. The van der Waals surface area contributed by atoms with Crippen molar-refractivity contribution in [2.45, 2.75) is 19.6 Å². The third-order valence-electron chi connectivity index (χ3n) is 2.39. The van der Waals surface area contributed by atoms with Gasteiger partial charge in [0.05, 0.1) is 31.0 Å². The molecule has 0 spiro atoms. The van der Waals surface area contributed by atoms with Crippen LogP contribution in [0.25, 0.3) is 10.9 Å². The number of hydrogen-bond acceptors (Lipinski definition) is 3. The molecule has 0 aliphatic carbocycles. The first-order valence-electron chi connectivity index (χ1n) is 4.92. The van der Waals surface area contributed by atoms with E-state index in [1.165, 1.54) is 5.56 Å². The lowest BCUT2D eigenvalue weighted by Crippen LogP contribution is -2.20. The third kappa shape index (κ3) is 2.00. The Hall–Kier alpha value is -1.39. The van der Waals surface area contributed by atoms with Crippen LogP contribution in [0.1, 0.15) is 5.56 Å². The molecule has 1 aromatic heterocycles. The van der Waals surface area contributed by atoms with Gasteiger partial charge in [-0.25, -0.2) is 0 Å². The van der Waals surface area contributed by atoms with Gasteiger partial charge in [0.1, 0.15) is 0 Å². The Kier molecular flexibility index (Phi) is 2.70. The SMILES string of the molecule is Cc1ccc2c(cnn2CC(O)CO)c1. The number of rotatable bonds is 3. The molecule has 0 saturated heterocycles. The van der Waals surface area contributed by atoms with Gasteiger partial charge >= 0.3 is 0 Å². The second-order valence-corrected chi connectivity index (χ2v) is 3.73. The van der Waals surface area contributed by atoms with Crippen LogP contribution in [0.15, 0.2) is 24.4 Å². The Bertz CT molecular complexity index is 465. The Balaban J connectivity index is 2.36. The molecule has 0 fully saturated rings. The molecular formula is C11H14N2O2. The van der Waals surface area contributed by atoms with Crippen molar-refractivity contribution in [3.63, 3.8) is 0 Å². The Morgan fingerprint density at radius 1 is 1.47 bits per heavy atom. The van der Waals surface area contributed by atoms with Crippen molar-refractivity contribution in [2.75, 3.05) is 6.61 Å². The number of aliphatic hydroxyl groups excluding tert-OH is 2. The molecule has 2 N–H and O–H groups in total. The van der Waals surface area contributed by atoms with Crippen LogP contribution in [-0.4, -0.2) is 32.7 Å². The van der Waals surface area contributed by atoms with Crippen LogP contribution in [0.5, 0.6) is 0 Å². The predicted octanol–water partition coefficient (Wildman–Crippen LogP) is 0.698. The van der Waals surface area contributed by atoms with Crippen LogP contribution in [0, 0.1) is 6.92 Å². The summed E-state index contributed by atoms with van der Waals surface area (Å²) in [5, 5.41) is 23.3. The Morgan fingerprint density at radius 2 is 2.27 bits per heavy atom. The van der Waals surface area contributed by atoms with Crippen LogP contribution in [0.2, 0.25) is 0 Å². The van der Waals surface area contributed by atoms with Gasteiger partial charge in [-0.3, -0.25) is 4.68 Å². The molecule has 0 aliphatic rings. The molecule has 0 amide bonds. The minimum atomic E-state index is -0.755. The van der Waals surface area contributed by atoms with Gasteiger partial charge in [0.25, 0.3) is 0 Å². The summed E-state index contributed by atoms with van der Waals surface area (Å²) < 4.78 is 1.70. The smallest absolute Gasteiger partial charge is 0.0966 e. The van der Waals surface area contributed by atoms with E-state index in [0.29, 0.717) is 6.54 Å². The molecule has 1 aromatic carbocycles. The highest BCUT2D eigenvalue weighted by atomic mass is 16.3. The van der Waals surface area contributed by atoms with Crippen molar-refractivity contribution >= 4 is 10.9 Å². The highest BCUT2D eigenvalue weighted by Gasteiger charge is 2.07. The fourth-order valence-electron chi connectivity index (χ4n) is 1.61. The van der Waals surface area contributed by atoms with Crippen molar-refractivity contribution in [1.82, 2.24) is 9.78 Å². The Labute approximate surface area is 87.8 Å². The van der Waals surface area contributed by atoms with Crippen molar-refractivity contribution in [2.24, 2.45) is 0 Å². The van der Waals surface area contributed by atoms with E-state index >= 15 is 0 Å². The lowest BCUT2D eigenvalue weighted by atomic mass is 10.2. The van der Waals surface area contributed by atoms with Crippen molar-refractivity contribution in [3.8, 4) is 0 Å². The van der Waals surface area contributed by atoms with Gasteiger partial charge < -0.3 is 10.2 Å². The molecule has 1 heterocycles. The molecule has 0 aliphatic heterocycles. The summed E-state index contributed by atoms with van der Waals surface area (Å²) in [4.78, 5) is 0. The standard InChI is InChI=1S/C11H14N2O2/c1-8-2-3-11-9(4-8)5-12-13(11)6-10(15)7-14/h2-5,10,14-15H,6-7H2,1H3. The molecule has 4 heteroatoms. The molecule has 2 aromatic rings. The maximum absolute atomic E-state index is 9.33. The number of aryl methyl sites for hydroxylation is 1. The van der Waals surface area contributed by atoms with E-state index in [2.05, 4.69) is 5.10 Å². The van der Waals surface area contributed by atoms with Gasteiger partial charge in [-0.2, -0.15) is 5.10 Å². The van der Waals surface area contributed by atoms with Crippen LogP contribution < -0.4 is 0 Å². The molecule has 0 bridgehead atoms. The predicted molar refractivity (Wildman–Crippen MR) is 57.6 cm³/mol. The molecular weight excluding hydrogens is 192 g/mol. The first-order valence-corrected chi connectivity index (χ1v) is 4.92. The maximum Gasteiger partial charge on any atom is 0.0966 e. The average molecular weight is 206 g/mol. The van der Waals surface area contributed by atoms with Crippen LogP contribution in [0.4, 0.5) is 0 Å². The number of benzene rings is 1. The van der Waals surface area contributed by atoms with Crippen molar-refractivity contribution in [3.05, 3.63) is 30.0 Å². The second-order valence-electron chi connectivity index (χ2n) is 3.73. The van der Waals surface area contributed by atoms with E-state index in [9.17, 15) is 5.11 Å². The second kappa shape index (κ2) is 4.00. The summed E-state index contributed by atoms with van der Waals surface area (Å²) in [6.07, 6.45) is 1.02. The molecule has 1 unspecified atom stereocenters. The van der Waals surface area contributed by atoms with E-state index in [1.807, 2.05) is 25.1 Å². The zero-order valence-electron chi connectivity index (χ0n) is 8.59. The number of nitrogens with zero attached hydrogens (tertiary/aromatic N) is 2. The molecule has 4 nitrogen and oxygen atoms in total. The Morgan fingerprint density at radius 3 is 3.00 bits per heavy atom. The van der Waals surface area contributed by atoms with Crippen LogP contribution >= 0.6 is 0 Å². The maximum atomic E-state index is 9.33. The molecule has 0 radical (unpaired) electrons. The quantitative estimate of drug-likeness (QED) is 0.777. The van der Waals surface area contributed by atoms with Gasteiger partial charge in [-0.15, -0.1) is 0 Å². The van der Waals surface area contributed by atoms with Gasteiger partial charge in [0, 0.05) is 5.39 Å². The lowest BCUT2D eigenvalue weighted by molar-refractivity contribution is 0.0793. The number of aromatic nitrogens is 2. The summed E-state index contributed by atoms with van der Waals surface area (Å²) in [6.45, 7) is 2.11. The number of hydrogen-bond donors (Lipinski definition) is 2. The van der Waals surface area contributed by atoms with E-state index in [1.54, 1.807) is 10.9 Å². The van der Waals surface area contributed by atoms with Gasteiger partial charge in [0.2, 0.25) is 0 Å². The molecule has 15 heavy (non-hydrogen) atoms. The molecule has 1 atom stereocenters. The summed E-state index contributed by atoms with van der Waals surface area (Å²) in [5.41, 5.74) is 2.16. The fourth-order valence-corrected chi connectivity index (χ4v) is 1.61. The van der Waals surface area contributed by atoms with Gasteiger partial charge in [0.15, 0.2) is 0 Å². The normalized spacial score (nSPS) is 13.3. The number of fused-ring (bicyclic) bond motifs is 1. The van der Waals surface area contributed by atoms with Crippen molar-refractivity contribution < 1.29 is 10.2 Å².